The lowest BCUT2D eigenvalue weighted by molar-refractivity contribution is -0.132. The largest absolute Gasteiger partial charge is 0.379 e. The van der Waals surface area contributed by atoms with Crippen LogP contribution in [-0.4, -0.2) is 209 Å². The summed E-state index contributed by atoms with van der Waals surface area (Å²) in [5.74, 6) is -4.61. The van der Waals surface area contributed by atoms with Gasteiger partial charge in [0.15, 0.2) is 0 Å². The maximum Gasteiger partial charge on any atom is 0.243 e. The Kier molecular flexibility index (Phi) is 62.0. The summed E-state index contributed by atoms with van der Waals surface area (Å²) in [6, 6.07) is -7.20. The molecule has 0 aliphatic heterocycles. The van der Waals surface area contributed by atoms with Crippen LogP contribution in [0, 0.1) is 0 Å². The van der Waals surface area contributed by atoms with Gasteiger partial charge in [0.05, 0.1) is 31.9 Å². The molecule has 0 rings (SSSR count). The van der Waals surface area contributed by atoms with Crippen molar-refractivity contribution in [3.8, 4) is 0 Å². The second-order valence-corrected chi connectivity index (χ2v) is 28.0. The van der Waals surface area contributed by atoms with Crippen molar-refractivity contribution in [3.63, 3.8) is 0 Å². The Hall–Kier alpha value is -7.39. The molecule has 0 spiro atoms. The minimum Gasteiger partial charge on any atom is -0.379 e. The maximum atomic E-state index is 14.5. The van der Waals surface area contributed by atoms with Gasteiger partial charge in [0, 0.05) is 97.2 Å². The molecule has 0 aliphatic rings. The number of ether oxygens (including phenoxy) is 2. The number of carbonyl (C=O) groups is 15. The first-order valence-corrected chi connectivity index (χ1v) is 39.9. The molecular formula is C76H139N15O17. The molecular weight excluding hydrogens is 1390 g/mol. The van der Waals surface area contributed by atoms with Crippen LogP contribution in [0.3, 0.4) is 0 Å². The van der Waals surface area contributed by atoms with Gasteiger partial charge in [-0.2, -0.15) is 0 Å². The van der Waals surface area contributed by atoms with E-state index in [1.54, 1.807) is 0 Å². The highest BCUT2D eigenvalue weighted by Gasteiger charge is 2.30. The first kappa shape index (κ1) is 101. The molecule has 32 heteroatoms. The fraction of sp³-hybridized carbons (Fsp3) is 0.803. The highest BCUT2D eigenvalue weighted by Crippen LogP contribution is 2.13. The van der Waals surface area contributed by atoms with E-state index in [-0.39, 0.29) is 150 Å². The van der Waals surface area contributed by atoms with Crippen LogP contribution in [0.4, 0.5) is 0 Å². The van der Waals surface area contributed by atoms with Crippen LogP contribution in [0.25, 0.3) is 0 Å². The summed E-state index contributed by atoms with van der Waals surface area (Å²) < 4.78 is 11.0. The summed E-state index contributed by atoms with van der Waals surface area (Å²) in [5.41, 5.74) is 24.1. The molecule has 0 saturated carbocycles. The molecule has 0 aliphatic carbocycles. The summed E-state index contributed by atoms with van der Waals surface area (Å²) in [6.45, 7) is 11.1. The average Bonchev–Trinajstić information content (AvgIpc) is 0.885. The van der Waals surface area contributed by atoms with E-state index in [1.807, 2.05) is 6.92 Å². The summed E-state index contributed by atoms with van der Waals surface area (Å²) >= 11 is 0. The number of amides is 11. The van der Waals surface area contributed by atoms with E-state index >= 15 is 0 Å². The smallest absolute Gasteiger partial charge is 0.243 e. The molecule has 0 heterocycles. The van der Waals surface area contributed by atoms with Gasteiger partial charge in [-0.25, -0.2) is 0 Å². The lowest BCUT2D eigenvalue weighted by Crippen LogP contribution is -2.56. The zero-order chi connectivity index (χ0) is 80.5. The molecule has 19 N–H and O–H groups in total. The van der Waals surface area contributed by atoms with Gasteiger partial charge in [0.1, 0.15) is 53.3 Å². The van der Waals surface area contributed by atoms with Crippen LogP contribution < -0.4 is 81.4 Å². The van der Waals surface area contributed by atoms with Gasteiger partial charge >= 0.3 is 0 Å². The van der Waals surface area contributed by atoms with Crippen molar-refractivity contribution in [2.75, 3.05) is 78.8 Å². The van der Waals surface area contributed by atoms with Crippen LogP contribution in [0.5, 0.6) is 0 Å². The summed E-state index contributed by atoms with van der Waals surface area (Å²) in [7, 11) is 0. The van der Waals surface area contributed by atoms with Crippen molar-refractivity contribution in [3.05, 3.63) is 0 Å². The Labute approximate surface area is 641 Å². The summed E-state index contributed by atoms with van der Waals surface area (Å²) in [6.07, 6.45) is 14.5. The Morgan fingerprint density at radius 1 is 0.259 bits per heavy atom. The van der Waals surface area contributed by atoms with Gasteiger partial charge in [0.2, 0.25) is 65.0 Å². The van der Waals surface area contributed by atoms with Crippen molar-refractivity contribution in [1.29, 1.82) is 0 Å². The molecule has 620 valence electrons. The number of hydrogen-bond donors (Lipinski definition) is 15. The minimum absolute atomic E-state index is 0.00592. The van der Waals surface area contributed by atoms with E-state index in [2.05, 4.69) is 58.5 Å². The second kappa shape index (κ2) is 66.6. The molecule has 0 radical (unpaired) electrons. The number of unbranched alkanes of at least 4 members (excludes halogenated alkanes) is 11. The number of carbonyl (C=O) groups excluding carboxylic acids is 15. The monoisotopic (exact) mass is 1530 g/mol. The van der Waals surface area contributed by atoms with Gasteiger partial charge in [0.25, 0.3) is 0 Å². The Morgan fingerprint density at radius 3 is 0.889 bits per heavy atom. The molecule has 7 unspecified atom stereocenters. The highest BCUT2D eigenvalue weighted by molar-refractivity contribution is 5.94. The summed E-state index contributed by atoms with van der Waals surface area (Å²) in [4.78, 5) is 193. The molecule has 0 aromatic rings. The molecule has 108 heavy (non-hydrogen) atoms. The zero-order valence-corrected chi connectivity index (χ0v) is 65.9. The lowest BCUT2D eigenvalue weighted by atomic mass is 10.0. The molecule has 0 aromatic heterocycles. The highest BCUT2D eigenvalue weighted by atomic mass is 16.5. The Balaban J connectivity index is 6.62. The maximum absolute atomic E-state index is 14.5. The fourth-order valence-corrected chi connectivity index (χ4v) is 11.4. The average molecular weight is 1540 g/mol. The number of nitrogens with one attached hydrogen (secondary N) is 11. The molecule has 32 nitrogen and oxygen atoms in total. The molecule has 0 fully saturated rings. The number of Topliss-reactive ketones (excluding diaryl/α,β-unsaturated/α-hetero) is 4. The standard InChI is InChI=1S/C76H139N15O17/c1-6-107-53-54-108-52-51-86-74(104)63(91-76(106)65(89-71(101)60(80)34-18-25-47-82-67(97)41-12-8-30-56(3)93)39-21-26-48-83-70(100)59(79)33-17-24-46-81-66(96)40-11-7-29-55(2)92)38-20-28-50-85-73(103)62(90-75(105)64(36-16-23-45-78)88-69(99)43-14-10-32-58(5)95)37-19-27-49-84-72(102)61(35-15-22-44-77)87-68(98)42-13-9-31-57(4)94/h59-65H,6-54,77-80H2,1-5H3,(H,81,96)(H,82,97)(H,83,100)(H,84,102)(H,85,103)(H,86,104)(H,87,98)(H,88,99)(H,89,101)(H,90,105)(H,91,106). The van der Waals surface area contributed by atoms with Crippen molar-refractivity contribution in [2.45, 2.75) is 314 Å². The van der Waals surface area contributed by atoms with Gasteiger partial charge in [-0.3, -0.25) is 52.7 Å². The number of nitrogens with two attached hydrogens (primary N) is 4. The molecule has 7 atom stereocenters. The van der Waals surface area contributed by atoms with Crippen LogP contribution in [0.15, 0.2) is 0 Å². The van der Waals surface area contributed by atoms with Gasteiger partial charge in [-0.05, 0) is 234 Å². The predicted molar refractivity (Wildman–Crippen MR) is 413 cm³/mol. The van der Waals surface area contributed by atoms with Crippen LogP contribution in [0.2, 0.25) is 0 Å². The van der Waals surface area contributed by atoms with Crippen LogP contribution in [-0.2, 0) is 81.4 Å². The van der Waals surface area contributed by atoms with Gasteiger partial charge in [-0.15, -0.1) is 0 Å². The summed E-state index contributed by atoms with van der Waals surface area (Å²) in [5, 5.41) is 31.2. The Bertz CT molecular complexity index is 2640. The lowest BCUT2D eigenvalue weighted by Gasteiger charge is -2.25. The first-order valence-electron chi connectivity index (χ1n) is 39.9. The van der Waals surface area contributed by atoms with E-state index < -0.39 is 83.6 Å². The van der Waals surface area contributed by atoms with Crippen LogP contribution in [0.1, 0.15) is 272 Å². The van der Waals surface area contributed by atoms with E-state index in [0.717, 1.165) is 0 Å². The third kappa shape index (κ3) is 57.7. The molecule has 0 bridgehead atoms. The first-order chi connectivity index (χ1) is 51.7. The van der Waals surface area contributed by atoms with Crippen molar-refractivity contribution in [2.24, 2.45) is 22.9 Å². The Morgan fingerprint density at radius 2 is 0.528 bits per heavy atom. The topological polar surface area (TPSA) is 511 Å². The van der Waals surface area contributed by atoms with Crippen LogP contribution >= 0.6 is 0 Å². The predicted octanol–water partition coefficient (Wildman–Crippen LogP) is 2.52. The van der Waals surface area contributed by atoms with E-state index in [1.165, 1.54) is 27.7 Å². The quantitative estimate of drug-likeness (QED) is 0.0389. The number of hydrogen-bond acceptors (Lipinski definition) is 21. The third-order valence-corrected chi connectivity index (χ3v) is 17.8. The number of ketones is 4. The van der Waals surface area contributed by atoms with E-state index in [0.29, 0.717) is 213 Å². The molecule has 0 aromatic carbocycles. The van der Waals surface area contributed by atoms with Gasteiger partial charge in [-0.1, -0.05) is 0 Å². The molecule has 0 saturated heterocycles. The zero-order valence-electron chi connectivity index (χ0n) is 65.9. The molecule has 11 amide bonds. The van der Waals surface area contributed by atoms with Gasteiger partial charge < -0.3 is 110 Å². The van der Waals surface area contributed by atoms with E-state index in [4.69, 9.17) is 32.4 Å². The normalized spacial score (nSPS) is 13.0. The SMILES string of the molecule is CCOCCOCCNC(=O)C(CCCCNC(=O)C(CCCCNC(=O)C(CCCCN)NC(=O)CCCCC(C)=O)NC(=O)C(CCCCN)NC(=O)CCCCC(C)=O)NC(=O)C(CCCCNC(=O)C(N)CCCCNC(=O)CCCCC(C)=O)NC(=O)C(N)CCCCNC(=O)CCCCC(C)=O. The fourth-order valence-electron chi connectivity index (χ4n) is 11.4. The minimum atomic E-state index is -1.20. The van der Waals surface area contributed by atoms with E-state index in [9.17, 15) is 71.9 Å². The van der Waals surface area contributed by atoms with Crippen molar-refractivity contribution in [1.82, 2.24) is 58.5 Å². The number of rotatable bonds is 72. The van der Waals surface area contributed by atoms with Crippen molar-refractivity contribution < 1.29 is 81.4 Å². The van der Waals surface area contributed by atoms with Crippen molar-refractivity contribution >= 4 is 88.1 Å². The second-order valence-electron chi connectivity index (χ2n) is 28.0. The third-order valence-electron chi connectivity index (χ3n) is 17.8.